The van der Waals surface area contributed by atoms with Crippen LogP contribution >= 0.6 is 0 Å². The molecule has 0 radical (unpaired) electrons. The summed E-state index contributed by atoms with van der Waals surface area (Å²) in [6, 6.07) is 17.9. The van der Waals surface area contributed by atoms with Gasteiger partial charge in [0.05, 0.1) is 11.4 Å². The number of carbonyl (C=O) groups is 1. The quantitative estimate of drug-likeness (QED) is 0.612. The predicted octanol–water partition coefficient (Wildman–Crippen LogP) is 4.29. The molecule has 0 unspecified atom stereocenters. The third-order valence-corrected chi connectivity index (χ3v) is 6.91. The summed E-state index contributed by atoms with van der Waals surface area (Å²) in [5.41, 5.74) is 2.92. The van der Waals surface area contributed by atoms with E-state index in [1.807, 2.05) is 53.4 Å². The Morgan fingerprint density at radius 3 is 2.41 bits per heavy atom. The Balaban J connectivity index is 1.18. The zero-order valence-corrected chi connectivity index (χ0v) is 19.7. The van der Waals surface area contributed by atoms with Gasteiger partial charge in [-0.2, -0.15) is 4.98 Å². The lowest BCUT2D eigenvalue weighted by Crippen LogP contribution is -2.46. The van der Waals surface area contributed by atoms with Gasteiger partial charge >= 0.3 is 6.03 Å². The summed E-state index contributed by atoms with van der Waals surface area (Å²) in [7, 11) is 0. The van der Waals surface area contributed by atoms with Gasteiger partial charge in [-0.1, -0.05) is 54.5 Å². The van der Waals surface area contributed by atoms with E-state index in [0.29, 0.717) is 24.8 Å². The second-order valence-corrected chi connectivity index (χ2v) is 8.95. The second-order valence-electron chi connectivity index (χ2n) is 8.95. The molecule has 2 aromatic carbocycles. The summed E-state index contributed by atoms with van der Waals surface area (Å²) in [6.45, 7) is 8.66. The van der Waals surface area contributed by atoms with Gasteiger partial charge in [-0.3, -0.25) is 0 Å². The molecule has 1 N–H and O–H groups in total. The molecule has 0 aliphatic carbocycles. The molecule has 0 saturated carbocycles. The number of hydrogen-bond acceptors (Lipinski definition) is 6. The highest BCUT2D eigenvalue weighted by molar-refractivity contribution is 5.93. The average molecular weight is 461 g/mol. The first-order chi connectivity index (χ1) is 16.7. The average Bonchev–Trinajstić information content (AvgIpc) is 3.40. The van der Waals surface area contributed by atoms with E-state index in [0.717, 1.165) is 62.5 Å². The molecule has 0 atom stereocenters. The van der Waals surface area contributed by atoms with Crippen LogP contribution in [0.1, 0.15) is 31.6 Å². The standard InChI is InChI=1S/C26H32N6O2/c1-2-30-16-18-31(19-17-30)23-11-7-6-10-22(23)27-26(33)32-14-12-21(13-15-32)25-28-24(29-34-25)20-8-4-3-5-9-20/h3-11,21H,2,12-19H2,1H3,(H,27,33). The number of para-hydroxylation sites is 2. The number of hydrogen-bond donors (Lipinski definition) is 1. The largest absolute Gasteiger partial charge is 0.367 e. The smallest absolute Gasteiger partial charge is 0.321 e. The fraction of sp³-hybridized carbons (Fsp3) is 0.423. The molecule has 0 bridgehead atoms. The van der Waals surface area contributed by atoms with Crippen LogP contribution in [0, 0.1) is 0 Å². The third kappa shape index (κ3) is 4.92. The van der Waals surface area contributed by atoms with E-state index in [-0.39, 0.29) is 11.9 Å². The number of benzene rings is 2. The molecule has 8 nitrogen and oxygen atoms in total. The van der Waals surface area contributed by atoms with Gasteiger partial charge in [-0.25, -0.2) is 4.79 Å². The first-order valence-corrected chi connectivity index (χ1v) is 12.2. The van der Waals surface area contributed by atoms with E-state index >= 15 is 0 Å². The van der Waals surface area contributed by atoms with Crippen molar-refractivity contribution in [3.05, 3.63) is 60.5 Å². The molecular formula is C26H32N6O2. The molecule has 0 spiro atoms. The summed E-state index contributed by atoms with van der Waals surface area (Å²) < 4.78 is 5.56. The predicted molar refractivity (Wildman–Crippen MR) is 133 cm³/mol. The molecule has 2 fully saturated rings. The fourth-order valence-corrected chi connectivity index (χ4v) is 4.79. The zero-order valence-electron chi connectivity index (χ0n) is 19.7. The van der Waals surface area contributed by atoms with Crippen molar-refractivity contribution < 1.29 is 9.32 Å². The first kappa shape index (κ1) is 22.4. The summed E-state index contributed by atoms with van der Waals surface area (Å²) in [6.07, 6.45) is 1.62. The van der Waals surface area contributed by atoms with Crippen LogP contribution in [-0.2, 0) is 0 Å². The lowest BCUT2D eigenvalue weighted by atomic mass is 9.97. The van der Waals surface area contributed by atoms with E-state index in [4.69, 9.17) is 4.52 Å². The number of piperazine rings is 1. The monoisotopic (exact) mass is 460 g/mol. The van der Waals surface area contributed by atoms with Crippen LogP contribution in [0.5, 0.6) is 0 Å². The fourth-order valence-electron chi connectivity index (χ4n) is 4.79. The summed E-state index contributed by atoms with van der Waals surface area (Å²) in [4.78, 5) is 24.4. The Morgan fingerprint density at radius 2 is 1.68 bits per heavy atom. The molecule has 3 aromatic rings. The van der Waals surface area contributed by atoms with Crippen LogP contribution in [0.2, 0.25) is 0 Å². The summed E-state index contributed by atoms with van der Waals surface area (Å²) in [5.74, 6) is 1.46. The second kappa shape index (κ2) is 10.3. The van der Waals surface area contributed by atoms with Crippen molar-refractivity contribution in [1.29, 1.82) is 0 Å². The SMILES string of the molecule is CCN1CCN(c2ccccc2NC(=O)N2CCC(c3nc(-c4ccccc4)no3)CC2)CC1. The summed E-state index contributed by atoms with van der Waals surface area (Å²) in [5, 5.41) is 7.31. The normalized spacial score (nSPS) is 17.7. The van der Waals surface area contributed by atoms with Gasteiger partial charge in [0, 0.05) is 50.7 Å². The van der Waals surface area contributed by atoms with Gasteiger partial charge in [0.1, 0.15) is 0 Å². The molecule has 2 aliphatic rings. The number of likely N-dealkylation sites (tertiary alicyclic amines) is 1. The number of aromatic nitrogens is 2. The number of carbonyl (C=O) groups excluding carboxylic acids is 1. The van der Waals surface area contributed by atoms with Gasteiger partial charge in [0.25, 0.3) is 0 Å². The topological polar surface area (TPSA) is 77.7 Å². The number of urea groups is 1. The van der Waals surface area contributed by atoms with Crippen molar-refractivity contribution in [3.63, 3.8) is 0 Å². The zero-order chi connectivity index (χ0) is 23.3. The van der Waals surface area contributed by atoms with E-state index in [1.54, 1.807) is 0 Å². The minimum absolute atomic E-state index is 0.0476. The highest BCUT2D eigenvalue weighted by Gasteiger charge is 2.28. The van der Waals surface area contributed by atoms with Crippen LogP contribution in [0.15, 0.2) is 59.1 Å². The molecule has 2 aliphatic heterocycles. The Labute approximate surface area is 200 Å². The van der Waals surface area contributed by atoms with E-state index in [1.165, 1.54) is 0 Å². The Bertz CT molecular complexity index is 1090. The van der Waals surface area contributed by atoms with Crippen molar-refractivity contribution in [2.45, 2.75) is 25.7 Å². The van der Waals surface area contributed by atoms with Gasteiger partial charge in [-0.05, 0) is 31.5 Å². The van der Waals surface area contributed by atoms with Crippen LogP contribution in [0.3, 0.4) is 0 Å². The van der Waals surface area contributed by atoms with Gasteiger partial charge < -0.3 is 24.5 Å². The van der Waals surface area contributed by atoms with Crippen molar-refractivity contribution in [2.75, 3.05) is 56.0 Å². The Morgan fingerprint density at radius 1 is 0.971 bits per heavy atom. The highest BCUT2D eigenvalue weighted by atomic mass is 16.5. The third-order valence-electron chi connectivity index (χ3n) is 6.91. The van der Waals surface area contributed by atoms with Crippen molar-refractivity contribution in [2.24, 2.45) is 0 Å². The van der Waals surface area contributed by atoms with Gasteiger partial charge in [-0.15, -0.1) is 0 Å². The minimum Gasteiger partial charge on any atom is -0.367 e. The molecule has 2 amide bonds. The number of likely N-dealkylation sites (N-methyl/N-ethyl adjacent to an activating group) is 1. The molecule has 34 heavy (non-hydrogen) atoms. The van der Waals surface area contributed by atoms with Gasteiger partial charge in [0.2, 0.25) is 11.7 Å². The highest BCUT2D eigenvalue weighted by Crippen LogP contribution is 2.30. The van der Waals surface area contributed by atoms with Gasteiger partial charge in [0.15, 0.2) is 0 Å². The molecule has 3 heterocycles. The number of amides is 2. The molecule has 1 aromatic heterocycles. The minimum atomic E-state index is -0.0476. The maximum Gasteiger partial charge on any atom is 0.321 e. The van der Waals surface area contributed by atoms with Crippen molar-refractivity contribution in [1.82, 2.24) is 19.9 Å². The number of piperidine rings is 1. The molecule has 2 saturated heterocycles. The lowest BCUT2D eigenvalue weighted by molar-refractivity contribution is 0.187. The maximum absolute atomic E-state index is 13.1. The van der Waals surface area contributed by atoms with E-state index in [9.17, 15) is 4.79 Å². The first-order valence-electron chi connectivity index (χ1n) is 12.2. The molecule has 8 heteroatoms. The molecule has 178 valence electrons. The van der Waals surface area contributed by atoms with Crippen LogP contribution in [0.4, 0.5) is 16.2 Å². The number of anilines is 2. The Hall–Kier alpha value is -3.39. The van der Waals surface area contributed by atoms with E-state index in [2.05, 4.69) is 38.2 Å². The maximum atomic E-state index is 13.1. The Kier molecular flexibility index (Phi) is 6.76. The lowest BCUT2D eigenvalue weighted by Gasteiger charge is -2.36. The van der Waals surface area contributed by atoms with Crippen molar-refractivity contribution in [3.8, 4) is 11.4 Å². The molecular weight excluding hydrogens is 428 g/mol. The molecule has 5 rings (SSSR count). The number of nitrogens with zero attached hydrogens (tertiary/aromatic N) is 5. The van der Waals surface area contributed by atoms with Crippen LogP contribution < -0.4 is 10.2 Å². The van der Waals surface area contributed by atoms with Crippen molar-refractivity contribution >= 4 is 17.4 Å². The number of rotatable bonds is 5. The number of nitrogens with one attached hydrogen (secondary N) is 1. The van der Waals surface area contributed by atoms with Crippen LogP contribution in [-0.4, -0.2) is 71.8 Å². The van der Waals surface area contributed by atoms with E-state index < -0.39 is 0 Å². The summed E-state index contributed by atoms with van der Waals surface area (Å²) >= 11 is 0. The van der Waals surface area contributed by atoms with Crippen LogP contribution in [0.25, 0.3) is 11.4 Å².